The molecule has 6 heteroatoms. The fourth-order valence-corrected chi connectivity index (χ4v) is 3.90. The molecule has 1 aliphatic rings. The number of thiophene rings is 1. The first-order chi connectivity index (χ1) is 9.04. The molecule has 2 atom stereocenters. The lowest BCUT2D eigenvalue weighted by Crippen LogP contribution is -2.50. The number of hydrogen-bond donors (Lipinski definition) is 2. The van der Waals surface area contributed by atoms with Crippen LogP contribution in [0.4, 0.5) is 0 Å². The van der Waals surface area contributed by atoms with Crippen molar-refractivity contribution in [3.05, 3.63) is 14.2 Å². The van der Waals surface area contributed by atoms with Gasteiger partial charge in [0, 0.05) is 17.5 Å². The number of hydrogen-bond acceptors (Lipinski definition) is 4. The lowest BCUT2D eigenvalue weighted by Gasteiger charge is -2.30. The monoisotopic (exact) mass is 346 g/mol. The first-order valence-electron chi connectivity index (χ1n) is 6.39. The molecule has 19 heavy (non-hydrogen) atoms. The normalized spacial score (nSPS) is 23.2. The van der Waals surface area contributed by atoms with Gasteiger partial charge in [-0.2, -0.15) is 0 Å². The largest absolute Gasteiger partial charge is 0.494 e. The zero-order chi connectivity index (χ0) is 14.0. The highest BCUT2D eigenvalue weighted by atomic mass is 79.9. The number of carbonyl (C=O) groups is 1. The van der Waals surface area contributed by atoms with E-state index in [4.69, 9.17) is 4.74 Å². The van der Waals surface area contributed by atoms with Crippen LogP contribution in [0.5, 0.6) is 5.75 Å². The molecule has 1 aromatic rings. The Labute approximate surface area is 126 Å². The van der Waals surface area contributed by atoms with Gasteiger partial charge in [-0.1, -0.05) is 6.92 Å². The number of ether oxygens (including phenoxy) is 1. The van der Waals surface area contributed by atoms with Gasteiger partial charge in [0.2, 0.25) is 0 Å². The Bertz CT molecular complexity index is 475. The molecule has 0 radical (unpaired) electrons. The number of halogens is 1. The second-order valence-corrected chi connectivity index (χ2v) is 6.90. The molecule has 2 N–H and O–H groups in total. The number of rotatable bonds is 3. The summed E-state index contributed by atoms with van der Waals surface area (Å²) in [6.45, 7) is 6.01. The smallest absolute Gasteiger partial charge is 0.265 e. The highest BCUT2D eigenvalue weighted by molar-refractivity contribution is 9.10. The van der Waals surface area contributed by atoms with Crippen LogP contribution < -0.4 is 15.4 Å². The summed E-state index contributed by atoms with van der Waals surface area (Å²) in [5.41, 5.74) is 0. The van der Waals surface area contributed by atoms with Crippen molar-refractivity contribution in [1.29, 1.82) is 0 Å². The summed E-state index contributed by atoms with van der Waals surface area (Å²) in [5.74, 6) is 1.09. The number of amides is 1. The highest BCUT2D eigenvalue weighted by Gasteiger charge is 2.26. The van der Waals surface area contributed by atoms with Gasteiger partial charge in [0.1, 0.15) is 4.88 Å². The molecule has 1 fully saturated rings. The average Bonchev–Trinajstić information content (AvgIpc) is 2.68. The van der Waals surface area contributed by atoms with Crippen molar-refractivity contribution in [1.82, 2.24) is 10.6 Å². The molecule has 1 saturated heterocycles. The minimum Gasteiger partial charge on any atom is -0.494 e. The number of aryl methyl sites for hydroxylation is 1. The minimum atomic E-state index is -0.0452. The van der Waals surface area contributed by atoms with Gasteiger partial charge in [0.25, 0.3) is 5.91 Å². The Balaban J connectivity index is 2.13. The van der Waals surface area contributed by atoms with E-state index in [1.54, 1.807) is 7.11 Å². The molecule has 0 saturated carbocycles. The molecule has 0 bridgehead atoms. The highest BCUT2D eigenvalue weighted by Crippen LogP contribution is 2.39. The summed E-state index contributed by atoms with van der Waals surface area (Å²) >= 11 is 4.92. The van der Waals surface area contributed by atoms with Crippen molar-refractivity contribution in [3.63, 3.8) is 0 Å². The number of methoxy groups -OCH3 is 1. The van der Waals surface area contributed by atoms with E-state index in [9.17, 15) is 4.79 Å². The van der Waals surface area contributed by atoms with Crippen LogP contribution in [0.15, 0.2) is 4.47 Å². The minimum absolute atomic E-state index is 0.0452. The van der Waals surface area contributed by atoms with E-state index in [1.165, 1.54) is 11.3 Å². The maximum Gasteiger partial charge on any atom is 0.265 e. The zero-order valence-electron chi connectivity index (χ0n) is 11.4. The molecule has 0 spiro atoms. The van der Waals surface area contributed by atoms with Gasteiger partial charge < -0.3 is 15.4 Å². The van der Waals surface area contributed by atoms with Crippen LogP contribution in [0.25, 0.3) is 0 Å². The lowest BCUT2D eigenvalue weighted by atomic mass is 9.95. The lowest BCUT2D eigenvalue weighted by molar-refractivity contribution is 0.0916. The quantitative estimate of drug-likeness (QED) is 0.884. The van der Waals surface area contributed by atoms with Crippen molar-refractivity contribution >= 4 is 33.2 Å². The first-order valence-corrected chi connectivity index (χ1v) is 8.00. The molecule has 1 amide bonds. The topological polar surface area (TPSA) is 50.4 Å². The standard InChI is InChI=1S/C13H19BrN2O2S/c1-7-4-5-15-6-9(7)16-13(17)12-11(18-3)10(14)8(2)19-12/h7,9,15H,4-6H2,1-3H3,(H,16,17). The van der Waals surface area contributed by atoms with Gasteiger partial charge in [0.15, 0.2) is 5.75 Å². The SMILES string of the molecule is COc1c(C(=O)NC2CNCCC2C)sc(C)c1Br. The van der Waals surface area contributed by atoms with Crippen molar-refractivity contribution in [2.45, 2.75) is 26.3 Å². The molecule has 2 heterocycles. The summed E-state index contributed by atoms with van der Waals surface area (Å²) in [5, 5.41) is 6.42. The summed E-state index contributed by atoms with van der Waals surface area (Å²) in [7, 11) is 1.59. The van der Waals surface area contributed by atoms with Crippen LogP contribution in [0.2, 0.25) is 0 Å². The van der Waals surface area contributed by atoms with Crippen LogP contribution in [0, 0.1) is 12.8 Å². The van der Waals surface area contributed by atoms with E-state index in [2.05, 4.69) is 33.5 Å². The van der Waals surface area contributed by atoms with Crippen LogP contribution in [0.1, 0.15) is 27.9 Å². The maximum atomic E-state index is 12.4. The van der Waals surface area contributed by atoms with Gasteiger partial charge in [-0.15, -0.1) is 11.3 Å². The van der Waals surface area contributed by atoms with E-state index in [-0.39, 0.29) is 11.9 Å². The van der Waals surface area contributed by atoms with E-state index in [0.29, 0.717) is 16.5 Å². The Morgan fingerprint density at radius 2 is 2.32 bits per heavy atom. The molecular weight excluding hydrogens is 328 g/mol. The van der Waals surface area contributed by atoms with Crippen LogP contribution >= 0.6 is 27.3 Å². The summed E-state index contributed by atoms with van der Waals surface area (Å²) in [4.78, 5) is 14.1. The maximum absolute atomic E-state index is 12.4. The van der Waals surface area contributed by atoms with Gasteiger partial charge >= 0.3 is 0 Å². The third-order valence-electron chi connectivity index (χ3n) is 3.52. The molecule has 0 aliphatic carbocycles. The van der Waals surface area contributed by atoms with Gasteiger partial charge in [-0.05, 0) is 41.7 Å². The van der Waals surface area contributed by atoms with Crippen molar-refractivity contribution in [2.75, 3.05) is 20.2 Å². The fourth-order valence-electron chi connectivity index (χ4n) is 2.25. The molecule has 0 aromatic carbocycles. The molecule has 4 nitrogen and oxygen atoms in total. The second kappa shape index (κ2) is 6.24. The predicted octanol–water partition coefficient (Wildman–Crippen LogP) is 2.56. The number of carbonyl (C=O) groups excluding carboxylic acids is 1. The van der Waals surface area contributed by atoms with E-state index in [1.807, 2.05) is 6.92 Å². The first kappa shape index (κ1) is 14.8. The molecule has 106 valence electrons. The van der Waals surface area contributed by atoms with Crippen molar-refractivity contribution in [3.8, 4) is 5.75 Å². The zero-order valence-corrected chi connectivity index (χ0v) is 13.8. The van der Waals surface area contributed by atoms with E-state index >= 15 is 0 Å². The van der Waals surface area contributed by atoms with Gasteiger partial charge in [0.05, 0.1) is 11.6 Å². The fraction of sp³-hybridized carbons (Fsp3) is 0.615. The Morgan fingerprint density at radius 3 is 2.95 bits per heavy atom. The summed E-state index contributed by atoms with van der Waals surface area (Å²) in [6.07, 6.45) is 1.09. The molecule has 2 unspecified atom stereocenters. The molecule has 1 aliphatic heterocycles. The summed E-state index contributed by atoms with van der Waals surface area (Å²) < 4.78 is 6.20. The van der Waals surface area contributed by atoms with Gasteiger partial charge in [-0.3, -0.25) is 4.79 Å². The third-order valence-corrected chi connectivity index (χ3v) is 5.83. The van der Waals surface area contributed by atoms with E-state index < -0.39 is 0 Å². The average molecular weight is 347 g/mol. The van der Waals surface area contributed by atoms with Crippen molar-refractivity contribution in [2.24, 2.45) is 5.92 Å². The van der Waals surface area contributed by atoms with Crippen LogP contribution in [-0.4, -0.2) is 32.1 Å². The van der Waals surface area contributed by atoms with Crippen LogP contribution in [-0.2, 0) is 0 Å². The summed E-state index contributed by atoms with van der Waals surface area (Å²) in [6, 6.07) is 0.187. The second-order valence-electron chi connectivity index (χ2n) is 4.88. The third kappa shape index (κ3) is 3.12. The molecular formula is C13H19BrN2O2S. The predicted molar refractivity (Wildman–Crippen MR) is 81.2 cm³/mol. The number of piperidine rings is 1. The Hall–Kier alpha value is -0.590. The van der Waals surface area contributed by atoms with Crippen molar-refractivity contribution < 1.29 is 9.53 Å². The van der Waals surface area contributed by atoms with E-state index in [0.717, 1.165) is 28.9 Å². The van der Waals surface area contributed by atoms with Gasteiger partial charge in [-0.25, -0.2) is 0 Å². The molecule has 1 aromatic heterocycles. The molecule has 2 rings (SSSR count). The van der Waals surface area contributed by atoms with Crippen LogP contribution in [0.3, 0.4) is 0 Å². The Morgan fingerprint density at radius 1 is 1.58 bits per heavy atom. The Kier molecular flexibility index (Phi) is 4.86. The number of nitrogens with one attached hydrogen (secondary N) is 2.